The van der Waals surface area contributed by atoms with Gasteiger partial charge < -0.3 is 0 Å². The third-order valence-electron chi connectivity index (χ3n) is 3.98. The zero-order valence-electron chi connectivity index (χ0n) is 24.5. The fourth-order valence-corrected chi connectivity index (χ4v) is 2.69. The first-order valence-electron chi connectivity index (χ1n) is 12.4. The third-order valence-corrected chi connectivity index (χ3v) is 4.93. The molecule has 9 heteroatoms. The van der Waals surface area contributed by atoms with E-state index in [0.717, 1.165) is 19.6 Å². The van der Waals surface area contributed by atoms with Gasteiger partial charge in [0.1, 0.15) is 0 Å². The van der Waals surface area contributed by atoms with Crippen LogP contribution in [0.15, 0.2) is 102 Å². The maximum Gasteiger partial charge on any atom is 0.325 e. The Morgan fingerprint density at radius 3 is 0.850 bits per heavy atom. The van der Waals surface area contributed by atoms with Gasteiger partial charge in [-0.3, -0.25) is 8.47 Å². The normalized spacial score (nSPS) is 9.43. The quantitative estimate of drug-likeness (QED) is 0.135. The van der Waals surface area contributed by atoms with Crippen molar-refractivity contribution in [1.29, 1.82) is 0 Å². The van der Waals surface area contributed by atoms with Crippen molar-refractivity contribution in [2.45, 2.75) is 49.0 Å². The lowest BCUT2D eigenvalue weighted by Gasteiger charge is -1.92. The van der Waals surface area contributed by atoms with Gasteiger partial charge in [-0.05, 0) is 35.4 Å². The lowest BCUT2D eigenvalue weighted by atomic mass is 10.1. The molecule has 0 saturated heterocycles. The minimum absolute atomic E-state index is 0. The molecule has 0 atom stereocenters. The highest BCUT2D eigenvalue weighted by Gasteiger charge is 1.97. The minimum Gasteiger partial charge on any atom is -0.274 e. The molecule has 0 unspecified atom stereocenters. The van der Waals surface area contributed by atoms with E-state index in [0.29, 0.717) is 5.71 Å². The molecule has 0 heterocycles. The molecule has 0 aliphatic rings. The van der Waals surface area contributed by atoms with Crippen molar-refractivity contribution in [3.63, 3.8) is 0 Å². The summed E-state index contributed by atoms with van der Waals surface area (Å²) in [6.07, 6.45) is 1.94. The Balaban J connectivity index is -0.000000441. The molecular formula is C31H47NO6S2. The molecule has 4 aromatic rings. The van der Waals surface area contributed by atoms with E-state index in [2.05, 4.69) is 111 Å². The van der Waals surface area contributed by atoms with Gasteiger partial charge in [0, 0.05) is 0 Å². The summed E-state index contributed by atoms with van der Waals surface area (Å²) < 4.78 is 47.9. The number of oxime groups is 1. The smallest absolute Gasteiger partial charge is 0.274 e. The van der Waals surface area contributed by atoms with E-state index in [1.54, 1.807) is 13.8 Å². The Kier molecular flexibility index (Phi) is 24.3. The van der Waals surface area contributed by atoms with Gasteiger partial charge >= 0.3 is 10.1 Å². The Morgan fingerprint density at radius 2 is 0.750 bits per heavy atom. The number of hydrogen-bond acceptors (Lipinski definition) is 7. The molecule has 40 heavy (non-hydrogen) atoms. The van der Waals surface area contributed by atoms with Gasteiger partial charge in [-0.25, -0.2) is 0 Å². The standard InChI is InChI=1S/2C10H8.C4H9NO3S.C2H6O3S.2C2H6.CH4/c2*1-2-6-10-8-4-3-7-9(10)5-1;1-4(2)5-8-9(3,6)7;1-5-6(2,3)4;2*1-2;/h2*1-8H;1-3H3;1-2H3;2*1-2H3;1H4. The molecule has 0 spiro atoms. The number of benzene rings is 4. The number of hydrogen-bond donors (Lipinski definition) is 0. The zero-order chi connectivity index (χ0) is 30.3. The van der Waals surface area contributed by atoms with Crippen molar-refractivity contribution in [3.05, 3.63) is 97.1 Å². The highest BCUT2D eigenvalue weighted by atomic mass is 32.2. The first-order chi connectivity index (χ1) is 18.4. The van der Waals surface area contributed by atoms with Crippen LogP contribution in [0.2, 0.25) is 0 Å². The summed E-state index contributed by atoms with van der Waals surface area (Å²) in [5.41, 5.74) is 0.570. The fourth-order valence-electron chi connectivity index (χ4n) is 2.41. The second-order valence-electron chi connectivity index (χ2n) is 7.38. The average Bonchev–Trinajstić information content (AvgIpc) is 2.94. The summed E-state index contributed by atoms with van der Waals surface area (Å²) in [6.45, 7) is 11.3. The molecule has 224 valence electrons. The van der Waals surface area contributed by atoms with Crippen LogP contribution < -0.4 is 0 Å². The Bertz CT molecular complexity index is 1230. The zero-order valence-corrected chi connectivity index (χ0v) is 26.1. The lowest BCUT2D eigenvalue weighted by molar-refractivity contribution is 0.342. The van der Waals surface area contributed by atoms with Crippen LogP contribution in [-0.2, 0) is 28.7 Å². The molecule has 0 aliphatic carbocycles. The second-order valence-corrected chi connectivity index (χ2v) is 10.7. The summed E-state index contributed by atoms with van der Waals surface area (Å²) in [5, 5.41) is 8.47. The maximum absolute atomic E-state index is 10.2. The first-order valence-corrected chi connectivity index (χ1v) is 16.1. The lowest BCUT2D eigenvalue weighted by Crippen LogP contribution is -1.98. The predicted octanol–water partition coefficient (Wildman–Crippen LogP) is 8.32. The van der Waals surface area contributed by atoms with E-state index in [-0.39, 0.29) is 7.43 Å². The van der Waals surface area contributed by atoms with Gasteiger partial charge in [-0.15, -0.1) is 0 Å². The van der Waals surface area contributed by atoms with Crippen molar-refractivity contribution in [3.8, 4) is 0 Å². The summed E-state index contributed by atoms with van der Waals surface area (Å²) in [4.78, 5) is 0. The Labute approximate surface area is 243 Å². The molecule has 0 bridgehead atoms. The minimum atomic E-state index is -3.41. The van der Waals surface area contributed by atoms with E-state index in [9.17, 15) is 16.8 Å². The van der Waals surface area contributed by atoms with E-state index in [1.807, 2.05) is 27.7 Å². The molecule has 0 saturated carbocycles. The molecule has 0 N–H and O–H groups in total. The SMILES string of the molecule is C.CC.CC.CC(C)=NOS(C)(=O)=O.COS(C)(=O)=O.c1ccc2ccccc2c1.c1ccc2ccccc2c1. The third kappa shape index (κ3) is 22.7. The van der Waals surface area contributed by atoms with Crippen LogP contribution in [0, 0.1) is 0 Å². The van der Waals surface area contributed by atoms with Gasteiger partial charge in [0.15, 0.2) is 0 Å². The number of fused-ring (bicyclic) bond motifs is 2. The van der Waals surface area contributed by atoms with Crippen molar-refractivity contribution in [2.24, 2.45) is 5.16 Å². The van der Waals surface area contributed by atoms with Crippen LogP contribution >= 0.6 is 0 Å². The van der Waals surface area contributed by atoms with Crippen molar-refractivity contribution >= 4 is 47.5 Å². The van der Waals surface area contributed by atoms with Gasteiger partial charge in [0.05, 0.1) is 25.3 Å². The largest absolute Gasteiger partial charge is 0.325 e. The summed E-state index contributed by atoms with van der Waals surface area (Å²) in [5.74, 6) is 0. The molecule has 7 nitrogen and oxygen atoms in total. The first kappa shape index (κ1) is 41.2. The van der Waals surface area contributed by atoms with E-state index in [4.69, 9.17) is 0 Å². The Hall–Kier alpha value is -3.27. The number of nitrogens with zero attached hydrogens (tertiary/aromatic N) is 1. The molecular weight excluding hydrogens is 546 g/mol. The van der Waals surface area contributed by atoms with Crippen LogP contribution in [0.4, 0.5) is 0 Å². The summed E-state index contributed by atoms with van der Waals surface area (Å²) in [7, 11) is -5.45. The predicted molar refractivity (Wildman–Crippen MR) is 174 cm³/mol. The van der Waals surface area contributed by atoms with Crippen LogP contribution in [0.25, 0.3) is 21.5 Å². The molecule has 0 fully saturated rings. The van der Waals surface area contributed by atoms with Crippen molar-refractivity contribution < 1.29 is 25.3 Å². The van der Waals surface area contributed by atoms with E-state index < -0.39 is 20.2 Å². The van der Waals surface area contributed by atoms with Crippen molar-refractivity contribution in [2.75, 3.05) is 19.6 Å². The second kappa shape index (κ2) is 23.6. The van der Waals surface area contributed by atoms with Crippen LogP contribution in [-0.4, -0.2) is 42.2 Å². The van der Waals surface area contributed by atoms with Crippen LogP contribution in [0.5, 0.6) is 0 Å². The molecule has 4 rings (SSSR count). The van der Waals surface area contributed by atoms with Gasteiger partial charge in [0.25, 0.3) is 10.1 Å². The summed E-state index contributed by atoms with van der Waals surface area (Å²) >= 11 is 0. The molecule has 4 aromatic carbocycles. The van der Waals surface area contributed by atoms with Gasteiger partial charge in [-0.1, -0.05) is 137 Å². The molecule has 0 aromatic heterocycles. The monoisotopic (exact) mass is 593 g/mol. The van der Waals surface area contributed by atoms with E-state index >= 15 is 0 Å². The highest BCUT2D eigenvalue weighted by molar-refractivity contribution is 7.86. The fraction of sp³-hybridized carbons (Fsp3) is 0.323. The van der Waals surface area contributed by atoms with Crippen LogP contribution in [0.1, 0.15) is 49.0 Å². The summed E-state index contributed by atoms with van der Waals surface area (Å²) in [6, 6.07) is 33.4. The van der Waals surface area contributed by atoms with Crippen molar-refractivity contribution in [1.82, 2.24) is 0 Å². The maximum atomic E-state index is 10.2. The average molecular weight is 594 g/mol. The van der Waals surface area contributed by atoms with E-state index in [1.165, 1.54) is 21.5 Å². The van der Waals surface area contributed by atoms with Crippen LogP contribution in [0.3, 0.4) is 0 Å². The molecule has 0 aliphatic heterocycles. The number of rotatable bonds is 3. The molecule has 0 radical (unpaired) electrons. The van der Waals surface area contributed by atoms with Gasteiger partial charge in [0.2, 0.25) is 0 Å². The Morgan fingerprint density at radius 1 is 0.550 bits per heavy atom. The topological polar surface area (TPSA) is 99.1 Å². The van der Waals surface area contributed by atoms with Gasteiger partial charge in [-0.2, -0.15) is 16.8 Å². The highest BCUT2D eigenvalue weighted by Crippen LogP contribution is 2.12. The molecule has 0 amide bonds.